The number of hydrogen-bond acceptors (Lipinski definition) is 13. The van der Waals surface area contributed by atoms with Crippen LogP contribution >= 0.6 is 0 Å². The van der Waals surface area contributed by atoms with E-state index in [0.717, 1.165) is 32.5 Å². The first-order valence-corrected chi connectivity index (χ1v) is 13.3. The lowest BCUT2D eigenvalue weighted by molar-refractivity contribution is -0.0500. The zero-order chi connectivity index (χ0) is 34.1. The van der Waals surface area contributed by atoms with Crippen molar-refractivity contribution in [2.45, 2.75) is 5.51 Å². The third-order valence-electron chi connectivity index (χ3n) is 5.46. The van der Waals surface area contributed by atoms with Crippen LogP contribution in [-0.4, -0.2) is 78.3 Å². The number of hydrogen-bond donors (Lipinski definition) is 0. The Morgan fingerprint density at radius 3 is 1.67 bits per heavy atom. The molecule has 0 atom stereocenters. The molecule has 3 aromatic rings. The summed E-state index contributed by atoms with van der Waals surface area (Å²) in [5.74, 6) is -4.79. The molecule has 0 aliphatic heterocycles. The summed E-state index contributed by atoms with van der Waals surface area (Å²) in [6, 6.07) is 7.95. The number of pyridine rings is 1. The van der Waals surface area contributed by atoms with Crippen LogP contribution in [0.2, 0.25) is 0 Å². The number of esters is 4. The highest BCUT2D eigenvalue weighted by atomic mass is 32.2. The fourth-order valence-electron chi connectivity index (χ4n) is 3.32. The van der Waals surface area contributed by atoms with Gasteiger partial charge in [-0.3, -0.25) is 0 Å². The SMILES string of the molecule is COC(=O)c1ccc(-c2cc(OC)ncc2F)c(C(=O)OC)c1.COC(=O)c1ccc(OS(=O)(=O)C(F)(F)F)c(C(=O)OC)c1. The van der Waals surface area contributed by atoms with Crippen molar-refractivity contribution in [3.8, 4) is 22.8 Å². The van der Waals surface area contributed by atoms with Crippen LogP contribution < -0.4 is 8.92 Å². The van der Waals surface area contributed by atoms with Crippen LogP contribution in [0, 0.1) is 5.82 Å². The Balaban J connectivity index is 0.000000314. The number of rotatable bonds is 8. The second-order valence-electron chi connectivity index (χ2n) is 8.13. The molecule has 3 rings (SSSR count). The van der Waals surface area contributed by atoms with Crippen molar-refractivity contribution >= 4 is 34.0 Å². The Morgan fingerprint density at radius 2 is 1.18 bits per heavy atom. The maximum Gasteiger partial charge on any atom is 0.534 e. The fraction of sp³-hybridized carbons (Fsp3) is 0.222. The lowest BCUT2D eigenvalue weighted by Gasteiger charge is -2.12. The fourth-order valence-corrected chi connectivity index (χ4v) is 3.80. The second kappa shape index (κ2) is 15.0. The highest BCUT2D eigenvalue weighted by molar-refractivity contribution is 7.88. The van der Waals surface area contributed by atoms with Crippen molar-refractivity contribution in [2.75, 3.05) is 35.5 Å². The van der Waals surface area contributed by atoms with E-state index in [1.807, 2.05) is 0 Å². The van der Waals surface area contributed by atoms with Crippen molar-refractivity contribution in [3.63, 3.8) is 0 Å². The van der Waals surface area contributed by atoms with E-state index in [2.05, 4.69) is 23.4 Å². The Labute approximate surface area is 252 Å². The van der Waals surface area contributed by atoms with Gasteiger partial charge in [-0.2, -0.15) is 21.6 Å². The van der Waals surface area contributed by atoms with E-state index in [4.69, 9.17) is 9.47 Å². The highest BCUT2D eigenvalue weighted by Gasteiger charge is 2.49. The Hall–Kier alpha value is -5.26. The molecule has 0 aliphatic carbocycles. The molecule has 0 unspecified atom stereocenters. The molecule has 0 bridgehead atoms. The highest BCUT2D eigenvalue weighted by Crippen LogP contribution is 2.31. The lowest BCUT2D eigenvalue weighted by Crippen LogP contribution is -2.28. The van der Waals surface area contributed by atoms with E-state index in [0.29, 0.717) is 6.07 Å². The number of aromatic nitrogens is 1. The average Bonchev–Trinajstić information content (AvgIpc) is 3.03. The smallest absolute Gasteiger partial charge is 0.481 e. The number of carbonyl (C=O) groups excluding carboxylic acids is 4. The summed E-state index contributed by atoms with van der Waals surface area (Å²) in [6.45, 7) is 0. The topological polar surface area (TPSA) is 171 Å². The van der Waals surface area contributed by atoms with E-state index in [1.54, 1.807) is 0 Å². The van der Waals surface area contributed by atoms with E-state index in [-0.39, 0.29) is 33.7 Å². The average molecular weight is 662 g/mol. The standard InChI is InChI=1S/C16H14FNO5.C11H9F3O7S/c1-21-14-7-11(13(17)8-18-14)10-5-4-9(15(19)22-2)6-12(10)16(20)23-3;1-19-9(15)6-3-4-8(7(5-6)10(16)20-2)21-22(17,18)11(12,13)14/h4-8H,1-3H3;3-5H,1-2H3. The molecular weight excluding hydrogens is 638 g/mol. The molecule has 0 aliphatic rings. The summed E-state index contributed by atoms with van der Waals surface area (Å²) in [5, 5.41) is 0. The number of methoxy groups -OCH3 is 5. The molecule has 0 fully saturated rings. The largest absolute Gasteiger partial charge is 0.534 e. The first kappa shape index (κ1) is 35.9. The maximum absolute atomic E-state index is 14.1. The van der Waals surface area contributed by atoms with Crippen LogP contribution in [0.3, 0.4) is 0 Å². The molecular formula is C27H23F4NO12S. The monoisotopic (exact) mass is 661 g/mol. The van der Waals surface area contributed by atoms with Gasteiger partial charge in [0.15, 0.2) is 5.75 Å². The molecule has 0 amide bonds. The van der Waals surface area contributed by atoms with Crippen molar-refractivity contribution in [2.24, 2.45) is 0 Å². The van der Waals surface area contributed by atoms with Gasteiger partial charge in [0.1, 0.15) is 11.4 Å². The van der Waals surface area contributed by atoms with Gasteiger partial charge in [0.2, 0.25) is 5.88 Å². The molecule has 13 nitrogen and oxygen atoms in total. The van der Waals surface area contributed by atoms with Crippen LogP contribution in [-0.2, 0) is 29.1 Å². The van der Waals surface area contributed by atoms with E-state index < -0.39 is 56.6 Å². The minimum atomic E-state index is -5.98. The predicted molar refractivity (Wildman–Crippen MR) is 144 cm³/mol. The lowest BCUT2D eigenvalue weighted by atomic mass is 9.97. The molecule has 0 saturated carbocycles. The van der Waals surface area contributed by atoms with Gasteiger partial charge in [0, 0.05) is 11.6 Å². The van der Waals surface area contributed by atoms with Crippen molar-refractivity contribution in [1.82, 2.24) is 4.98 Å². The molecule has 0 N–H and O–H groups in total. The number of alkyl halides is 3. The van der Waals surface area contributed by atoms with Crippen molar-refractivity contribution in [1.29, 1.82) is 0 Å². The number of benzene rings is 2. The van der Waals surface area contributed by atoms with Crippen LogP contribution in [0.1, 0.15) is 41.4 Å². The summed E-state index contributed by atoms with van der Waals surface area (Å²) >= 11 is 0. The predicted octanol–water partition coefficient (Wildman–Crippen LogP) is 3.96. The van der Waals surface area contributed by atoms with Crippen LogP contribution in [0.4, 0.5) is 17.6 Å². The molecule has 2 aromatic carbocycles. The number of carbonyl (C=O) groups is 4. The molecule has 0 radical (unpaired) electrons. The van der Waals surface area contributed by atoms with Gasteiger partial charge < -0.3 is 27.9 Å². The Bertz CT molecular complexity index is 1710. The molecule has 45 heavy (non-hydrogen) atoms. The summed E-state index contributed by atoms with van der Waals surface area (Å²) in [7, 11) is -0.212. The van der Waals surface area contributed by atoms with Gasteiger partial charge >= 0.3 is 39.5 Å². The minimum absolute atomic E-state index is 0.0301. The summed E-state index contributed by atoms with van der Waals surface area (Å²) in [6.07, 6.45) is 0.990. The molecule has 242 valence electrons. The molecule has 18 heteroatoms. The van der Waals surface area contributed by atoms with Crippen LogP contribution in [0.5, 0.6) is 11.6 Å². The van der Waals surface area contributed by atoms with Gasteiger partial charge in [-0.05, 0) is 35.9 Å². The summed E-state index contributed by atoms with van der Waals surface area (Å²) in [5.41, 5.74) is -6.03. The Kier molecular flexibility index (Phi) is 11.9. The van der Waals surface area contributed by atoms with Crippen molar-refractivity contribution in [3.05, 3.63) is 76.7 Å². The first-order valence-electron chi connectivity index (χ1n) is 11.9. The minimum Gasteiger partial charge on any atom is -0.481 e. The molecule has 1 heterocycles. The van der Waals surface area contributed by atoms with E-state index in [9.17, 15) is 45.2 Å². The van der Waals surface area contributed by atoms with Crippen LogP contribution in [0.15, 0.2) is 48.7 Å². The van der Waals surface area contributed by atoms with E-state index >= 15 is 0 Å². The summed E-state index contributed by atoms with van der Waals surface area (Å²) in [4.78, 5) is 50.2. The van der Waals surface area contributed by atoms with Crippen molar-refractivity contribution < 1.29 is 73.0 Å². The zero-order valence-electron chi connectivity index (χ0n) is 23.9. The first-order chi connectivity index (χ1) is 21.0. The third-order valence-corrected chi connectivity index (χ3v) is 6.43. The molecule has 1 aromatic heterocycles. The van der Waals surface area contributed by atoms with Gasteiger partial charge in [-0.25, -0.2) is 28.6 Å². The molecule has 0 spiro atoms. The van der Waals surface area contributed by atoms with Crippen LogP contribution in [0.25, 0.3) is 11.1 Å². The zero-order valence-corrected chi connectivity index (χ0v) is 24.7. The number of halogens is 4. The molecule has 0 saturated heterocycles. The maximum atomic E-state index is 14.1. The van der Waals surface area contributed by atoms with Gasteiger partial charge in [-0.1, -0.05) is 6.07 Å². The normalized spacial score (nSPS) is 10.9. The number of nitrogens with zero attached hydrogens (tertiary/aromatic N) is 1. The second-order valence-corrected chi connectivity index (χ2v) is 9.67. The quantitative estimate of drug-likeness (QED) is 0.112. The van der Waals surface area contributed by atoms with E-state index in [1.165, 1.54) is 45.6 Å². The van der Waals surface area contributed by atoms with Gasteiger partial charge in [-0.15, -0.1) is 0 Å². The van der Waals surface area contributed by atoms with Gasteiger partial charge in [0.25, 0.3) is 0 Å². The van der Waals surface area contributed by atoms with Gasteiger partial charge in [0.05, 0.1) is 58.4 Å². The summed E-state index contributed by atoms with van der Waals surface area (Å²) < 4.78 is 99.8. The third kappa shape index (κ3) is 8.65. The number of ether oxygens (including phenoxy) is 5. The Morgan fingerprint density at radius 1 is 0.689 bits per heavy atom.